The molecule has 0 spiro atoms. The Kier molecular flexibility index (Phi) is 4.14. The van der Waals surface area contributed by atoms with Crippen molar-refractivity contribution in [2.45, 2.75) is 19.3 Å². The summed E-state index contributed by atoms with van der Waals surface area (Å²) in [6.07, 6.45) is -10.2. The minimum atomic E-state index is -5.09. The second-order valence-corrected chi connectivity index (χ2v) is 5.47. The van der Waals surface area contributed by atoms with E-state index in [9.17, 15) is 31.1 Å². The van der Waals surface area contributed by atoms with E-state index in [1.165, 1.54) is 6.92 Å². The zero-order chi connectivity index (χ0) is 17.6. The lowest BCUT2D eigenvalue weighted by Gasteiger charge is -2.18. The van der Waals surface area contributed by atoms with Gasteiger partial charge in [0.2, 0.25) is 0 Å². The van der Waals surface area contributed by atoms with Crippen LogP contribution in [0.25, 0.3) is 11.3 Å². The van der Waals surface area contributed by atoms with Crippen LogP contribution in [0.3, 0.4) is 0 Å². The second kappa shape index (κ2) is 5.52. The van der Waals surface area contributed by atoms with Crippen molar-refractivity contribution in [3.05, 3.63) is 39.8 Å². The van der Waals surface area contributed by atoms with Gasteiger partial charge in [-0.1, -0.05) is 6.07 Å². The highest BCUT2D eigenvalue weighted by Gasteiger charge is 2.42. The molecule has 2 aromatic rings. The molecule has 10 heteroatoms. The molecule has 0 fully saturated rings. The molecule has 0 aliphatic rings. The Morgan fingerprint density at radius 3 is 1.96 bits per heavy atom. The van der Waals surface area contributed by atoms with Crippen molar-refractivity contribution in [2.75, 3.05) is 0 Å². The molecule has 0 saturated carbocycles. The summed E-state index contributed by atoms with van der Waals surface area (Å²) in [6, 6.07) is 1.55. The number of halogens is 6. The third-order valence-corrected chi connectivity index (χ3v) is 3.74. The first-order valence-electron chi connectivity index (χ1n) is 5.92. The van der Waals surface area contributed by atoms with Crippen molar-refractivity contribution >= 4 is 17.5 Å². The van der Waals surface area contributed by atoms with Crippen molar-refractivity contribution in [1.82, 2.24) is 4.37 Å². The van der Waals surface area contributed by atoms with E-state index in [2.05, 4.69) is 4.37 Å². The molecule has 0 bridgehead atoms. The van der Waals surface area contributed by atoms with Crippen LogP contribution in [0.5, 0.6) is 0 Å². The van der Waals surface area contributed by atoms with Gasteiger partial charge in [-0.3, -0.25) is 0 Å². The van der Waals surface area contributed by atoms with Gasteiger partial charge in [-0.15, -0.1) is 0 Å². The predicted octanol–water partition coefficient (Wildman–Crippen LogP) is 4.85. The van der Waals surface area contributed by atoms with E-state index in [1.807, 2.05) is 0 Å². The van der Waals surface area contributed by atoms with Crippen LogP contribution < -0.4 is 0 Å². The Morgan fingerprint density at radius 1 is 1.09 bits per heavy atom. The average Bonchev–Trinajstić information content (AvgIpc) is 2.77. The summed E-state index contributed by atoms with van der Waals surface area (Å²) < 4.78 is 82.1. The number of hydrogen-bond acceptors (Lipinski definition) is 3. The van der Waals surface area contributed by atoms with Crippen molar-refractivity contribution in [3.63, 3.8) is 0 Å². The maximum Gasteiger partial charge on any atom is 0.417 e. The van der Waals surface area contributed by atoms with Crippen LogP contribution in [-0.4, -0.2) is 15.4 Å². The fraction of sp³-hybridized carbons (Fsp3) is 0.231. The Balaban J connectivity index is 2.93. The third-order valence-electron chi connectivity index (χ3n) is 2.99. The van der Waals surface area contributed by atoms with Crippen LogP contribution in [0.15, 0.2) is 18.2 Å². The maximum atomic E-state index is 13.1. The number of alkyl halides is 6. The van der Waals surface area contributed by atoms with Crippen molar-refractivity contribution < 1.29 is 36.2 Å². The number of carboxylic acid groups (broad SMARTS) is 1. The SMILES string of the molecule is Cc1snc(-c2c(C(F)(F)F)cccc2C(F)(F)F)c1C(=O)O. The average molecular weight is 355 g/mol. The number of aryl methyl sites for hydroxylation is 1. The summed E-state index contributed by atoms with van der Waals surface area (Å²) >= 11 is 0.527. The standard InChI is InChI=1S/C13H7F6NO2S/c1-5-8(11(21)22)10(20-23-5)9-6(12(14,15)16)3-2-4-7(9)13(17,18)19/h2-4H,1H3,(H,21,22). The van der Waals surface area contributed by atoms with Crippen LogP contribution in [0, 0.1) is 6.92 Å². The number of carbonyl (C=O) groups is 1. The van der Waals surface area contributed by atoms with E-state index in [0.717, 1.165) is 0 Å². The van der Waals surface area contributed by atoms with Crippen LogP contribution >= 0.6 is 11.5 Å². The molecule has 1 aromatic carbocycles. The highest BCUT2D eigenvalue weighted by atomic mass is 32.1. The molecule has 0 saturated heterocycles. The number of hydrogen-bond donors (Lipinski definition) is 1. The van der Waals surface area contributed by atoms with Crippen LogP contribution in [0.4, 0.5) is 26.3 Å². The number of aromatic carboxylic acids is 1. The summed E-state index contributed by atoms with van der Waals surface area (Å²) in [5, 5.41) is 9.09. The quantitative estimate of drug-likeness (QED) is 0.783. The molecule has 0 unspecified atom stereocenters. The maximum absolute atomic E-state index is 13.1. The molecule has 0 amide bonds. The molecule has 23 heavy (non-hydrogen) atoms. The molecule has 3 nitrogen and oxygen atoms in total. The van der Waals surface area contributed by atoms with E-state index in [4.69, 9.17) is 5.11 Å². The molecule has 2 rings (SSSR count). The Labute approximate surface area is 129 Å². The lowest BCUT2D eigenvalue weighted by Crippen LogP contribution is -2.15. The molecule has 1 heterocycles. The van der Waals surface area contributed by atoms with Crippen molar-refractivity contribution in [2.24, 2.45) is 0 Å². The van der Waals surface area contributed by atoms with E-state index < -0.39 is 46.3 Å². The number of rotatable bonds is 2. The molecule has 0 radical (unpaired) electrons. The molecule has 124 valence electrons. The van der Waals surface area contributed by atoms with Gasteiger partial charge >= 0.3 is 18.3 Å². The molecule has 0 atom stereocenters. The number of nitrogens with zero attached hydrogens (tertiary/aromatic N) is 1. The van der Waals surface area contributed by atoms with Gasteiger partial charge in [-0.2, -0.15) is 30.7 Å². The van der Waals surface area contributed by atoms with Gasteiger partial charge in [0, 0.05) is 10.4 Å². The van der Waals surface area contributed by atoms with Crippen LogP contribution in [-0.2, 0) is 12.4 Å². The molecular weight excluding hydrogens is 348 g/mol. The molecule has 0 aliphatic carbocycles. The van der Waals surface area contributed by atoms with Gasteiger partial charge < -0.3 is 5.11 Å². The van der Waals surface area contributed by atoms with E-state index >= 15 is 0 Å². The van der Waals surface area contributed by atoms with Crippen molar-refractivity contribution in [1.29, 1.82) is 0 Å². The third kappa shape index (κ3) is 3.16. The summed E-state index contributed by atoms with van der Waals surface area (Å²) in [6.45, 7) is 1.26. The lowest BCUT2D eigenvalue weighted by atomic mass is 9.94. The zero-order valence-electron chi connectivity index (χ0n) is 11.2. The minimum Gasteiger partial charge on any atom is -0.478 e. The van der Waals surface area contributed by atoms with Gasteiger partial charge in [-0.05, 0) is 30.6 Å². The summed E-state index contributed by atoms with van der Waals surface area (Å²) in [4.78, 5) is 11.2. The fourth-order valence-corrected chi connectivity index (χ4v) is 2.76. The van der Waals surface area contributed by atoms with Crippen LogP contribution in [0.2, 0.25) is 0 Å². The van der Waals surface area contributed by atoms with Gasteiger partial charge in [0.05, 0.1) is 11.1 Å². The Hall–Kier alpha value is -2.10. The topological polar surface area (TPSA) is 50.2 Å². The van der Waals surface area contributed by atoms with E-state index in [-0.39, 0.29) is 4.88 Å². The van der Waals surface area contributed by atoms with Crippen molar-refractivity contribution in [3.8, 4) is 11.3 Å². The smallest absolute Gasteiger partial charge is 0.417 e. The van der Waals surface area contributed by atoms with E-state index in [0.29, 0.717) is 29.7 Å². The summed E-state index contributed by atoms with van der Waals surface area (Å²) in [5.74, 6) is -1.64. The predicted molar refractivity (Wildman–Crippen MR) is 69.3 cm³/mol. The summed E-state index contributed by atoms with van der Waals surface area (Å²) in [5.41, 5.74) is -5.94. The summed E-state index contributed by atoms with van der Waals surface area (Å²) in [7, 11) is 0. The van der Waals surface area contributed by atoms with Gasteiger partial charge in [0.15, 0.2) is 0 Å². The number of carboxylic acids is 1. The highest BCUT2D eigenvalue weighted by Crippen LogP contribution is 2.45. The normalized spacial score (nSPS) is 12.5. The molecule has 0 aliphatic heterocycles. The second-order valence-electron chi connectivity index (χ2n) is 4.49. The Bertz CT molecular complexity index is 731. The van der Waals surface area contributed by atoms with Gasteiger partial charge in [0.1, 0.15) is 11.3 Å². The van der Waals surface area contributed by atoms with Gasteiger partial charge in [-0.25, -0.2) is 4.79 Å². The molecule has 1 N–H and O–H groups in total. The fourth-order valence-electron chi connectivity index (χ4n) is 2.07. The first-order valence-corrected chi connectivity index (χ1v) is 6.69. The zero-order valence-corrected chi connectivity index (χ0v) is 12.0. The molecule has 1 aromatic heterocycles. The van der Waals surface area contributed by atoms with Gasteiger partial charge in [0.25, 0.3) is 0 Å². The first-order chi connectivity index (χ1) is 10.4. The highest BCUT2D eigenvalue weighted by molar-refractivity contribution is 7.06. The first kappa shape index (κ1) is 17.3. The van der Waals surface area contributed by atoms with Crippen LogP contribution in [0.1, 0.15) is 26.4 Å². The Morgan fingerprint density at radius 2 is 1.57 bits per heavy atom. The molecular formula is C13H7F6NO2S. The van der Waals surface area contributed by atoms with E-state index in [1.54, 1.807) is 0 Å². The number of aromatic nitrogens is 1. The lowest BCUT2D eigenvalue weighted by molar-refractivity contribution is -0.142. The monoisotopic (exact) mass is 355 g/mol. The number of benzene rings is 1. The minimum absolute atomic E-state index is 0.0117. The largest absolute Gasteiger partial charge is 0.478 e.